The van der Waals surface area contributed by atoms with Crippen LogP contribution < -0.4 is 10.9 Å². The number of thioether (sulfide) groups is 1. The normalized spacial score (nSPS) is 15.1. The van der Waals surface area contributed by atoms with Crippen molar-refractivity contribution >= 4 is 39.9 Å². The largest absolute Gasteiger partial charge is 0.348 e. The Morgan fingerprint density at radius 3 is 2.88 bits per heavy atom. The van der Waals surface area contributed by atoms with Crippen LogP contribution >= 0.6 is 23.1 Å². The molecule has 1 N–H and O–H groups in total. The Balaban J connectivity index is 1.52. The minimum absolute atomic E-state index is 0.00652. The number of aromatic nitrogens is 2. The van der Waals surface area contributed by atoms with Gasteiger partial charge in [0.1, 0.15) is 0 Å². The van der Waals surface area contributed by atoms with E-state index in [1.165, 1.54) is 11.8 Å². The molecule has 1 aliphatic rings. The minimum Gasteiger partial charge on any atom is -0.348 e. The molecule has 4 rings (SSSR count). The van der Waals surface area contributed by atoms with Crippen LogP contribution in [-0.2, 0) is 4.79 Å². The fourth-order valence-electron chi connectivity index (χ4n) is 2.90. The fourth-order valence-corrected chi connectivity index (χ4v) is 4.52. The van der Waals surface area contributed by atoms with Crippen LogP contribution in [0.4, 0.5) is 0 Å². The third-order valence-electron chi connectivity index (χ3n) is 4.37. The highest BCUT2D eigenvalue weighted by Crippen LogP contribution is 2.36. The predicted octanol–water partition coefficient (Wildman–Crippen LogP) is 3.76. The number of hydrogen-bond acceptors (Lipinski definition) is 5. The van der Waals surface area contributed by atoms with Crippen LogP contribution in [0.25, 0.3) is 10.9 Å². The molecule has 1 saturated carbocycles. The van der Waals surface area contributed by atoms with E-state index in [0.717, 1.165) is 17.7 Å². The van der Waals surface area contributed by atoms with Gasteiger partial charge in [-0.05, 0) is 43.3 Å². The van der Waals surface area contributed by atoms with Gasteiger partial charge in [0.15, 0.2) is 5.16 Å². The summed E-state index contributed by atoms with van der Waals surface area (Å²) in [7, 11) is 0. The van der Waals surface area contributed by atoms with E-state index < -0.39 is 0 Å². The average molecular weight is 386 g/mol. The Labute approximate surface area is 159 Å². The van der Waals surface area contributed by atoms with E-state index in [9.17, 15) is 9.59 Å². The van der Waals surface area contributed by atoms with E-state index in [-0.39, 0.29) is 29.3 Å². The van der Waals surface area contributed by atoms with Crippen molar-refractivity contribution in [3.05, 3.63) is 57.0 Å². The zero-order chi connectivity index (χ0) is 18.1. The Kier molecular flexibility index (Phi) is 4.82. The summed E-state index contributed by atoms with van der Waals surface area (Å²) in [6.45, 7) is 1.97. The Bertz CT molecular complexity index is 994. The summed E-state index contributed by atoms with van der Waals surface area (Å²) in [4.78, 5) is 30.9. The lowest BCUT2D eigenvalue weighted by molar-refractivity contribution is -0.119. The van der Waals surface area contributed by atoms with Gasteiger partial charge in [-0.2, -0.15) is 0 Å². The van der Waals surface area contributed by atoms with Gasteiger partial charge in [-0.1, -0.05) is 30.0 Å². The van der Waals surface area contributed by atoms with E-state index in [1.807, 2.05) is 48.7 Å². The highest BCUT2D eigenvalue weighted by Gasteiger charge is 2.28. The standard InChI is InChI=1S/C19H19N3O2S2/c1-12(16-7-4-10-25-16)20-17(23)11-26-19-21-15-6-3-2-5-14(15)18(24)22(19)13-8-9-13/h2-7,10,12-13H,8-9,11H2,1H3,(H,20,23). The highest BCUT2D eigenvalue weighted by atomic mass is 32.2. The van der Waals surface area contributed by atoms with Gasteiger partial charge in [-0.3, -0.25) is 14.2 Å². The lowest BCUT2D eigenvalue weighted by Gasteiger charge is -2.14. The molecule has 0 aliphatic heterocycles. The molecule has 1 atom stereocenters. The minimum atomic E-state index is -0.0549. The number of nitrogens with one attached hydrogen (secondary N) is 1. The monoisotopic (exact) mass is 385 g/mol. The maximum absolute atomic E-state index is 12.8. The smallest absolute Gasteiger partial charge is 0.262 e. The van der Waals surface area contributed by atoms with Crippen molar-refractivity contribution in [2.45, 2.75) is 37.0 Å². The maximum Gasteiger partial charge on any atom is 0.262 e. The summed E-state index contributed by atoms with van der Waals surface area (Å²) >= 11 is 2.96. The zero-order valence-electron chi connectivity index (χ0n) is 14.3. The third kappa shape index (κ3) is 3.54. The molecular weight excluding hydrogens is 366 g/mol. The van der Waals surface area contributed by atoms with Crippen molar-refractivity contribution in [2.24, 2.45) is 0 Å². The summed E-state index contributed by atoms with van der Waals surface area (Å²) in [6.07, 6.45) is 1.99. The van der Waals surface area contributed by atoms with Crippen LogP contribution in [0.3, 0.4) is 0 Å². The second kappa shape index (κ2) is 7.25. The molecule has 5 nitrogen and oxygen atoms in total. The lowest BCUT2D eigenvalue weighted by atomic mass is 10.2. The average Bonchev–Trinajstić information content (AvgIpc) is 3.31. The first-order valence-electron chi connectivity index (χ1n) is 8.60. The van der Waals surface area contributed by atoms with Crippen LogP contribution in [0.1, 0.15) is 36.7 Å². The van der Waals surface area contributed by atoms with Gasteiger partial charge in [0.05, 0.1) is 22.7 Å². The van der Waals surface area contributed by atoms with Crippen LogP contribution in [0, 0.1) is 0 Å². The highest BCUT2D eigenvalue weighted by molar-refractivity contribution is 7.99. The first kappa shape index (κ1) is 17.3. The molecule has 1 aromatic carbocycles. The van der Waals surface area contributed by atoms with Crippen LogP contribution in [0.2, 0.25) is 0 Å². The molecule has 0 radical (unpaired) electrons. The molecule has 26 heavy (non-hydrogen) atoms. The molecule has 0 spiro atoms. The summed E-state index contributed by atoms with van der Waals surface area (Å²) in [5, 5.41) is 6.28. The van der Waals surface area contributed by atoms with Crippen molar-refractivity contribution in [3.63, 3.8) is 0 Å². The number of benzene rings is 1. The Hall–Kier alpha value is -2.12. The van der Waals surface area contributed by atoms with Crippen molar-refractivity contribution in [1.29, 1.82) is 0 Å². The van der Waals surface area contributed by atoms with Gasteiger partial charge in [-0.15, -0.1) is 11.3 Å². The second-order valence-corrected chi connectivity index (χ2v) is 8.33. The molecular formula is C19H19N3O2S2. The summed E-state index contributed by atoms with van der Waals surface area (Å²) in [5.74, 6) is 0.188. The van der Waals surface area contributed by atoms with Gasteiger partial charge < -0.3 is 5.32 Å². The van der Waals surface area contributed by atoms with Crippen LogP contribution in [0.5, 0.6) is 0 Å². The number of thiophene rings is 1. The summed E-state index contributed by atoms with van der Waals surface area (Å²) < 4.78 is 1.77. The number of nitrogens with zero attached hydrogens (tertiary/aromatic N) is 2. The number of amides is 1. The number of carbonyl (C=O) groups is 1. The maximum atomic E-state index is 12.8. The van der Waals surface area contributed by atoms with Crippen LogP contribution in [0.15, 0.2) is 51.7 Å². The first-order valence-corrected chi connectivity index (χ1v) is 10.5. The van der Waals surface area contributed by atoms with Crippen molar-refractivity contribution in [2.75, 3.05) is 5.75 Å². The molecule has 1 fully saturated rings. The molecule has 1 amide bonds. The molecule has 3 aromatic rings. The topological polar surface area (TPSA) is 64.0 Å². The molecule has 0 saturated heterocycles. The zero-order valence-corrected chi connectivity index (χ0v) is 16.0. The molecule has 0 bridgehead atoms. The van der Waals surface area contributed by atoms with Crippen molar-refractivity contribution in [3.8, 4) is 0 Å². The molecule has 134 valence electrons. The predicted molar refractivity (Wildman–Crippen MR) is 106 cm³/mol. The van der Waals surface area contributed by atoms with E-state index in [1.54, 1.807) is 15.9 Å². The summed E-state index contributed by atoms with van der Waals surface area (Å²) in [5.41, 5.74) is 0.678. The molecule has 2 aromatic heterocycles. The number of fused-ring (bicyclic) bond motifs is 1. The van der Waals surface area contributed by atoms with E-state index >= 15 is 0 Å². The van der Waals surface area contributed by atoms with Gasteiger partial charge >= 0.3 is 0 Å². The molecule has 1 unspecified atom stereocenters. The van der Waals surface area contributed by atoms with Crippen molar-refractivity contribution < 1.29 is 4.79 Å². The SMILES string of the molecule is CC(NC(=O)CSc1nc2ccccc2c(=O)n1C1CC1)c1cccs1. The fraction of sp³-hybridized carbons (Fsp3) is 0.316. The van der Waals surface area contributed by atoms with Gasteiger partial charge in [0, 0.05) is 10.9 Å². The first-order chi connectivity index (χ1) is 12.6. The van der Waals surface area contributed by atoms with Crippen molar-refractivity contribution in [1.82, 2.24) is 14.9 Å². The number of hydrogen-bond donors (Lipinski definition) is 1. The number of carbonyl (C=O) groups excluding carboxylic acids is 1. The second-order valence-electron chi connectivity index (χ2n) is 6.41. The van der Waals surface area contributed by atoms with Gasteiger partial charge in [0.2, 0.25) is 5.91 Å². The molecule has 7 heteroatoms. The van der Waals surface area contributed by atoms with Gasteiger partial charge in [-0.25, -0.2) is 4.98 Å². The Morgan fingerprint density at radius 2 is 2.15 bits per heavy atom. The summed E-state index contributed by atoms with van der Waals surface area (Å²) in [6, 6.07) is 11.6. The van der Waals surface area contributed by atoms with E-state index in [4.69, 9.17) is 0 Å². The van der Waals surface area contributed by atoms with E-state index in [2.05, 4.69) is 10.3 Å². The lowest BCUT2D eigenvalue weighted by Crippen LogP contribution is -2.28. The molecule has 2 heterocycles. The quantitative estimate of drug-likeness (QED) is 0.518. The van der Waals surface area contributed by atoms with Crippen LogP contribution in [-0.4, -0.2) is 21.2 Å². The number of rotatable bonds is 6. The molecule has 1 aliphatic carbocycles. The third-order valence-corrected chi connectivity index (χ3v) is 6.38. The van der Waals surface area contributed by atoms with E-state index in [0.29, 0.717) is 16.1 Å². The Morgan fingerprint density at radius 1 is 1.35 bits per heavy atom. The van der Waals surface area contributed by atoms with Gasteiger partial charge in [0.25, 0.3) is 5.56 Å². The number of para-hydroxylation sites is 1.